The normalized spacial score (nSPS) is 15.0. The van der Waals surface area contributed by atoms with Crippen molar-refractivity contribution in [3.63, 3.8) is 0 Å². The van der Waals surface area contributed by atoms with Crippen LogP contribution in [0, 0.1) is 0 Å². The number of fused-ring (bicyclic) bond motifs is 2. The largest absolute Gasteiger partial charge is 0.335 e. The maximum absolute atomic E-state index is 13.0. The minimum absolute atomic E-state index is 0.270. The molecule has 1 aliphatic heterocycles. The highest BCUT2D eigenvalue weighted by atomic mass is 32.2. The van der Waals surface area contributed by atoms with E-state index in [1.165, 1.54) is 6.20 Å². The van der Waals surface area contributed by atoms with Gasteiger partial charge in [0, 0.05) is 36.5 Å². The molecular formula is C24H19N7OS. The molecule has 1 N–H and O–H groups in total. The molecule has 33 heavy (non-hydrogen) atoms. The number of carbonyl (C=O) groups excluding carboxylic acids is 1. The first kappa shape index (κ1) is 19.7. The molecule has 0 saturated carbocycles. The van der Waals surface area contributed by atoms with Gasteiger partial charge in [-0.2, -0.15) is 0 Å². The lowest BCUT2D eigenvalue weighted by molar-refractivity contribution is 0.102. The van der Waals surface area contributed by atoms with Crippen LogP contribution in [0.4, 0.5) is 5.69 Å². The third kappa shape index (κ3) is 3.76. The van der Waals surface area contributed by atoms with E-state index in [0.717, 1.165) is 34.2 Å². The molecule has 5 aromatic rings. The van der Waals surface area contributed by atoms with Crippen LogP contribution in [-0.2, 0) is 6.54 Å². The first-order chi connectivity index (χ1) is 16.2. The van der Waals surface area contributed by atoms with E-state index >= 15 is 0 Å². The van der Waals surface area contributed by atoms with E-state index in [1.807, 2.05) is 61.1 Å². The Labute approximate surface area is 193 Å². The number of nitrogens with one attached hydrogen (secondary N) is 1. The Kier molecular flexibility index (Phi) is 4.88. The molecule has 162 valence electrons. The quantitative estimate of drug-likeness (QED) is 0.427. The summed E-state index contributed by atoms with van der Waals surface area (Å²) in [5.74, 6) is 0.666. The van der Waals surface area contributed by atoms with Crippen LogP contribution in [0.5, 0.6) is 0 Å². The smallest absolute Gasteiger partial charge is 0.275 e. The number of hydrogen-bond acceptors (Lipinski definition) is 6. The number of rotatable bonds is 5. The standard InChI is InChI=1S/C24H19N7OS/c32-23(21-11-26-19-7-3-4-8-20(19)27-21)28-18-6-2-1-5-17(18)22-13-31-16(14-33-24(31)29-22)12-30-10-9-25-15-30/h1-11,13,15-16H,12,14H2,(H,28,32). The molecule has 3 aromatic heterocycles. The number of carbonyl (C=O) groups is 1. The van der Waals surface area contributed by atoms with Crippen molar-refractivity contribution in [2.24, 2.45) is 0 Å². The molecule has 8 nitrogen and oxygen atoms in total. The Morgan fingerprint density at radius 2 is 1.94 bits per heavy atom. The van der Waals surface area contributed by atoms with Crippen molar-refractivity contribution in [2.75, 3.05) is 11.1 Å². The molecule has 0 radical (unpaired) electrons. The second-order valence-corrected chi connectivity index (χ2v) is 8.77. The number of anilines is 1. The minimum Gasteiger partial charge on any atom is -0.335 e. The Morgan fingerprint density at radius 3 is 2.82 bits per heavy atom. The zero-order valence-corrected chi connectivity index (χ0v) is 18.3. The highest BCUT2D eigenvalue weighted by molar-refractivity contribution is 7.99. The summed E-state index contributed by atoms with van der Waals surface area (Å²) in [5.41, 5.74) is 4.09. The molecule has 0 fully saturated rings. The zero-order valence-electron chi connectivity index (χ0n) is 17.5. The van der Waals surface area contributed by atoms with Crippen molar-refractivity contribution in [1.82, 2.24) is 29.1 Å². The molecule has 1 atom stereocenters. The van der Waals surface area contributed by atoms with Crippen LogP contribution in [-0.4, -0.2) is 40.7 Å². The number of nitrogens with zero attached hydrogens (tertiary/aromatic N) is 6. The van der Waals surface area contributed by atoms with Gasteiger partial charge in [-0.15, -0.1) is 0 Å². The van der Waals surface area contributed by atoms with Gasteiger partial charge in [0.1, 0.15) is 5.69 Å². The molecule has 2 aromatic carbocycles. The molecule has 4 heterocycles. The summed E-state index contributed by atoms with van der Waals surface area (Å²) in [6, 6.07) is 15.5. The molecule has 1 amide bonds. The van der Waals surface area contributed by atoms with Crippen LogP contribution in [0.25, 0.3) is 22.3 Å². The molecular weight excluding hydrogens is 434 g/mol. The second kappa shape index (κ2) is 8.18. The van der Waals surface area contributed by atoms with Crippen molar-refractivity contribution >= 4 is 34.4 Å². The number of aromatic nitrogens is 6. The Bertz CT molecular complexity index is 1460. The lowest BCUT2D eigenvalue weighted by Gasteiger charge is -2.13. The number of amides is 1. The van der Waals surface area contributed by atoms with Gasteiger partial charge in [0.05, 0.1) is 41.0 Å². The highest BCUT2D eigenvalue weighted by Gasteiger charge is 2.26. The summed E-state index contributed by atoms with van der Waals surface area (Å²) in [5, 5.41) is 3.98. The lowest BCUT2D eigenvalue weighted by atomic mass is 10.1. The van der Waals surface area contributed by atoms with Crippen LogP contribution in [0.2, 0.25) is 0 Å². The van der Waals surface area contributed by atoms with E-state index in [0.29, 0.717) is 17.2 Å². The van der Waals surface area contributed by atoms with Crippen LogP contribution in [0.15, 0.2) is 84.8 Å². The van der Waals surface area contributed by atoms with Gasteiger partial charge in [-0.3, -0.25) is 9.78 Å². The van der Waals surface area contributed by atoms with E-state index in [2.05, 4.69) is 35.6 Å². The van der Waals surface area contributed by atoms with Gasteiger partial charge in [0.25, 0.3) is 5.91 Å². The summed E-state index contributed by atoms with van der Waals surface area (Å²) in [7, 11) is 0. The van der Waals surface area contributed by atoms with Crippen molar-refractivity contribution in [2.45, 2.75) is 17.7 Å². The van der Waals surface area contributed by atoms with Crippen LogP contribution in [0.3, 0.4) is 0 Å². The van der Waals surface area contributed by atoms with E-state index < -0.39 is 0 Å². The van der Waals surface area contributed by atoms with Crippen LogP contribution in [0.1, 0.15) is 16.5 Å². The van der Waals surface area contributed by atoms with Crippen molar-refractivity contribution in [3.8, 4) is 11.3 Å². The zero-order chi connectivity index (χ0) is 22.2. The summed E-state index contributed by atoms with van der Waals surface area (Å²) < 4.78 is 4.30. The number of hydrogen-bond donors (Lipinski definition) is 1. The predicted octanol–water partition coefficient (Wildman–Crippen LogP) is 4.29. The van der Waals surface area contributed by atoms with Gasteiger partial charge in [0.2, 0.25) is 0 Å². The molecule has 0 spiro atoms. The van der Waals surface area contributed by atoms with E-state index in [4.69, 9.17) is 4.98 Å². The number of thioether (sulfide) groups is 1. The second-order valence-electron chi connectivity index (χ2n) is 7.78. The van der Waals surface area contributed by atoms with Gasteiger partial charge in [-0.05, 0) is 18.2 Å². The highest BCUT2D eigenvalue weighted by Crippen LogP contribution is 2.37. The molecule has 1 aliphatic rings. The van der Waals surface area contributed by atoms with Crippen LogP contribution < -0.4 is 5.32 Å². The molecule has 0 aliphatic carbocycles. The molecule has 0 saturated heterocycles. The first-order valence-corrected chi connectivity index (χ1v) is 11.5. The molecule has 0 bridgehead atoms. The molecule has 6 rings (SSSR count). The summed E-state index contributed by atoms with van der Waals surface area (Å²) in [6.07, 6.45) is 9.17. The Balaban J connectivity index is 1.27. The molecule has 9 heteroatoms. The van der Waals surface area contributed by atoms with Gasteiger partial charge in [0.15, 0.2) is 5.16 Å². The van der Waals surface area contributed by atoms with E-state index in [9.17, 15) is 4.79 Å². The summed E-state index contributed by atoms with van der Waals surface area (Å²) in [4.78, 5) is 30.7. The van der Waals surface area contributed by atoms with Crippen molar-refractivity contribution in [3.05, 3.63) is 85.3 Å². The minimum atomic E-state index is -0.306. The van der Waals surface area contributed by atoms with Gasteiger partial charge in [-0.1, -0.05) is 42.1 Å². The number of imidazole rings is 2. The first-order valence-electron chi connectivity index (χ1n) is 10.5. The number of benzene rings is 2. The summed E-state index contributed by atoms with van der Waals surface area (Å²) >= 11 is 1.74. The average molecular weight is 454 g/mol. The maximum Gasteiger partial charge on any atom is 0.275 e. The third-order valence-corrected chi connectivity index (χ3v) is 6.72. The predicted molar refractivity (Wildman–Crippen MR) is 127 cm³/mol. The van der Waals surface area contributed by atoms with Crippen molar-refractivity contribution < 1.29 is 4.79 Å². The fraction of sp³-hybridized carbons (Fsp3) is 0.125. The van der Waals surface area contributed by atoms with Gasteiger partial charge >= 0.3 is 0 Å². The molecule has 1 unspecified atom stereocenters. The summed E-state index contributed by atoms with van der Waals surface area (Å²) in [6.45, 7) is 0.842. The lowest BCUT2D eigenvalue weighted by Crippen LogP contribution is -2.15. The topological polar surface area (TPSA) is 90.5 Å². The van der Waals surface area contributed by atoms with Gasteiger partial charge < -0.3 is 14.5 Å². The number of para-hydroxylation sites is 3. The monoisotopic (exact) mass is 453 g/mol. The fourth-order valence-electron chi connectivity index (χ4n) is 3.97. The van der Waals surface area contributed by atoms with Gasteiger partial charge in [-0.25, -0.2) is 15.0 Å². The Hall–Kier alpha value is -3.98. The van der Waals surface area contributed by atoms with Crippen molar-refractivity contribution in [1.29, 1.82) is 0 Å². The van der Waals surface area contributed by atoms with E-state index in [-0.39, 0.29) is 11.6 Å². The fourth-order valence-corrected chi connectivity index (χ4v) is 5.09. The SMILES string of the molecule is O=C(Nc1ccccc1-c1cn2c(n1)SCC2Cn1ccnc1)c1cnc2ccccc2n1. The average Bonchev–Trinajstić information content (AvgIpc) is 3.58. The third-order valence-electron chi connectivity index (χ3n) is 5.61. The Morgan fingerprint density at radius 1 is 1.09 bits per heavy atom. The maximum atomic E-state index is 13.0. The van der Waals surface area contributed by atoms with Crippen LogP contribution >= 0.6 is 11.8 Å². The van der Waals surface area contributed by atoms with E-state index in [1.54, 1.807) is 18.0 Å².